The number of carbonyl (C=O) groups excluding carboxylic acids is 1. The molecule has 2 heterocycles. The molecule has 1 fully saturated rings. The van der Waals surface area contributed by atoms with Gasteiger partial charge in [0, 0.05) is 12.6 Å². The smallest absolute Gasteiger partial charge is 0.240 e. The highest BCUT2D eigenvalue weighted by molar-refractivity contribution is 7.13. The fraction of sp³-hybridized carbons (Fsp3) is 0.565. The Morgan fingerprint density at radius 3 is 2.57 bits per heavy atom. The zero-order chi connectivity index (χ0) is 22.1. The molecule has 1 aromatic heterocycles. The lowest BCUT2D eigenvalue weighted by Crippen LogP contribution is -2.56. The molecule has 30 heavy (non-hydrogen) atoms. The maximum absolute atomic E-state index is 12.9. The van der Waals surface area contributed by atoms with Gasteiger partial charge in [0.25, 0.3) is 0 Å². The van der Waals surface area contributed by atoms with E-state index in [-0.39, 0.29) is 23.4 Å². The van der Waals surface area contributed by atoms with E-state index >= 15 is 0 Å². The lowest BCUT2D eigenvalue weighted by Gasteiger charge is -2.35. The highest BCUT2D eigenvalue weighted by Gasteiger charge is 2.39. The van der Waals surface area contributed by atoms with Gasteiger partial charge in [0.05, 0.1) is 28.2 Å². The van der Waals surface area contributed by atoms with E-state index in [4.69, 9.17) is 5.73 Å². The maximum atomic E-state index is 12.9. The molecule has 3 rings (SSSR count). The van der Waals surface area contributed by atoms with Gasteiger partial charge >= 0.3 is 0 Å². The largest absolute Gasteiger partial charge is 0.376 e. The number of thiazole rings is 1. The number of benzene rings is 1. The molecule has 0 bridgehead atoms. The highest BCUT2D eigenvalue weighted by Crippen LogP contribution is 2.29. The number of hydrogen-bond donors (Lipinski definition) is 3. The van der Waals surface area contributed by atoms with E-state index in [1.165, 1.54) is 4.88 Å². The summed E-state index contributed by atoms with van der Waals surface area (Å²) in [6.45, 7) is 10.6. The van der Waals surface area contributed by atoms with E-state index in [1.54, 1.807) is 16.2 Å². The lowest BCUT2D eigenvalue weighted by atomic mass is 9.86. The van der Waals surface area contributed by atoms with E-state index in [0.717, 1.165) is 29.7 Å². The third kappa shape index (κ3) is 4.91. The normalized spacial score (nSPS) is 20.2. The topological polar surface area (TPSA) is 91.5 Å². The van der Waals surface area contributed by atoms with Crippen LogP contribution in [0, 0.1) is 12.3 Å². The quantitative estimate of drug-likeness (QED) is 0.611. The average molecular weight is 431 g/mol. The van der Waals surface area contributed by atoms with Crippen molar-refractivity contribution >= 4 is 17.2 Å². The van der Waals surface area contributed by atoms with Gasteiger partial charge in [-0.3, -0.25) is 10.1 Å². The molecule has 0 spiro atoms. The molecule has 4 atom stereocenters. The summed E-state index contributed by atoms with van der Waals surface area (Å²) in [5, 5.41) is 14.2. The Labute approximate surface area is 183 Å². The van der Waals surface area contributed by atoms with Gasteiger partial charge in [0.1, 0.15) is 6.23 Å². The second-order valence-electron chi connectivity index (χ2n) is 9.31. The molecule has 7 heteroatoms. The van der Waals surface area contributed by atoms with Gasteiger partial charge in [0.15, 0.2) is 0 Å². The first-order valence-corrected chi connectivity index (χ1v) is 11.5. The zero-order valence-electron chi connectivity index (χ0n) is 18.6. The minimum atomic E-state index is -0.804. The number of carbonyl (C=O) groups is 1. The van der Waals surface area contributed by atoms with E-state index in [0.29, 0.717) is 6.54 Å². The summed E-state index contributed by atoms with van der Waals surface area (Å²) in [5.41, 5.74) is 11.0. The number of amides is 1. The van der Waals surface area contributed by atoms with Crippen molar-refractivity contribution in [2.45, 2.75) is 71.8 Å². The highest BCUT2D eigenvalue weighted by atomic mass is 32.1. The average Bonchev–Trinajstić information content (AvgIpc) is 3.35. The van der Waals surface area contributed by atoms with Crippen molar-refractivity contribution in [3.63, 3.8) is 0 Å². The summed E-state index contributed by atoms with van der Waals surface area (Å²) in [6, 6.07) is 7.45. The van der Waals surface area contributed by atoms with Crippen molar-refractivity contribution in [3.8, 4) is 10.4 Å². The number of hydrogen-bond acceptors (Lipinski definition) is 6. The van der Waals surface area contributed by atoms with Gasteiger partial charge in [0.2, 0.25) is 5.91 Å². The van der Waals surface area contributed by atoms with Crippen molar-refractivity contribution in [2.75, 3.05) is 6.54 Å². The molecule has 0 aliphatic carbocycles. The van der Waals surface area contributed by atoms with Crippen molar-refractivity contribution in [2.24, 2.45) is 11.1 Å². The third-order valence-corrected chi connectivity index (χ3v) is 6.96. The molecular weight excluding hydrogens is 396 g/mol. The van der Waals surface area contributed by atoms with Gasteiger partial charge in [-0.2, -0.15) is 0 Å². The molecule has 1 aliphatic heterocycles. The Bertz CT molecular complexity index is 859. The number of nitrogens with two attached hydrogens (primary N) is 1. The molecule has 0 saturated carbocycles. The van der Waals surface area contributed by atoms with Crippen LogP contribution in [0.2, 0.25) is 0 Å². The number of nitrogens with zero attached hydrogens (tertiary/aromatic N) is 2. The second-order valence-corrected chi connectivity index (χ2v) is 10.2. The van der Waals surface area contributed by atoms with Gasteiger partial charge in [-0.25, -0.2) is 4.98 Å². The lowest BCUT2D eigenvalue weighted by molar-refractivity contribution is -0.138. The van der Waals surface area contributed by atoms with Crippen LogP contribution in [0.3, 0.4) is 0 Å². The first kappa shape index (κ1) is 22.9. The predicted molar refractivity (Wildman–Crippen MR) is 122 cm³/mol. The van der Waals surface area contributed by atoms with Crippen molar-refractivity contribution in [1.82, 2.24) is 15.2 Å². The van der Waals surface area contributed by atoms with E-state index < -0.39 is 12.3 Å². The molecule has 0 radical (unpaired) electrons. The molecule has 4 N–H and O–H groups in total. The number of nitrogens with one attached hydrogen (secondary N) is 1. The van der Waals surface area contributed by atoms with Crippen LogP contribution in [0.5, 0.6) is 0 Å². The molecule has 1 aromatic carbocycles. The monoisotopic (exact) mass is 430 g/mol. The molecule has 1 saturated heterocycles. The second kappa shape index (κ2) is 9.14. The van der Waals surface area contributed by atoms with Crippen molar-refractivity contribution in [3.05, 3.63) is 41.0 Å². The van der Waals surface area contributed by atoms with E-state index in [2.05, 4.69) is 34.6 Å². The summed E-state index contributed by atoms with van der Waals surface area (Å²) < 4.78 is 0. The Morgan fingerprint density at radius 1 is 1.33 bits per heavy atom. The fourth-order valence-electron chi connectivity index (χ4n) is 3.91. The number of likely N-dealkylation sites (tertiary alicyclic amines) is 1. The van der Waals surface area contributed by atoms with Crippen LogP contribution in [-0.2, 0) is 4.79 Å². The SMILES string of the molecule is Cc1ncsc1-c1ccc([C@H](C)NC(O)[C@@H]2CCCN2C(=O)[C@@H](N)C(C)(C)C)cc1. The van der Waals surface area contributed by atoms with Crippen LogP contribution in [0.4, 0.5) is 0 Å². The van der Waals surface area contributed by atoms with Crippen LogP contribution in [-0.4, -0.2) is 45.8 Å². The minimum Gasteiger partial charge on any atom is -0.376 e. The van der Waals surface area contributed by atoms with Crippen LogP contribution in [0.1, 0.15) is 57.8 Å². The number of aliphatic hydroxyl groups is 1. The van der Waals surface area contributed by atoms with Gasteiger partial charge in [-0.05, 0) is 43.2 Å². The van der Waals surface area contributed by atoms with Crippen LogP contribution in [0.15, 0.2) is 29.8 Å². The summed E-state index contributed by atoms with van der Waals surface area (Å²) in [7, 11) is 0. The summed E-state index contributed by atoms with van der Waals surface area (Å²) >= 11 is 1.64. The first-order valence-electron chi connectivity index (χ1n) is 10.6. The Balaban J connectivity index is 1.65. The Morgan fingerprint density at radius 2 is 2.00 bits per heavy atom. The van der Waals surface area contributed by atoms with Gasteiger partial charge in [-0.15, -0.1) is 11.3 Å². The number of aliphatic hydroxyl groups excluding tert-OH is 1. The van der Waals surface area contributed by atoms with Crippen LogP contribution >= 0.6 is 11.3 Å². The summed E-state index contributed by atoms with van der Waals surface area (Å²) in [5.74, 6) is -0.0808. The van der Waals surface area contributed by atoms with Crippen LogP contribution < -0.4 is 11.1 Å². The summed E-state index contributed by atoms with van der Waals surface area (Å²) in [4.78, 5) is 20.2. The molecule has 1 aliphatic rings. The Hall–Kier alpha value is -1.80. The van der Waals surface area contributed by atoms with Crippen molar-refractivity contribution < 1.29 is 9.90 Å². The molecular formula is C23H34N4O2S. The molecule has 2 aromatic rings. The van der Waals surface area contributed by atoms with E-state index in [9.17, 15) is 9.90 Å². The number of aryl methyl sites for hydroxylation is 1. The zero-order valence-corrected chi connectivity index (χ0v) is 19.4. The molecule has 1 amide bonds. The molecule has 1 unspecified atom stereocenters. The standard InChI is InChI=1S/C23H34N4O2S/c1-14(16-8-10-17(11-9-16)19-15(2)25-13-30-19)26-21(28)18-7-6-12-27(18)22(29)20(24)23(3,4)5/h8-11,13-14,18,20-21,26,28H,6-7,12,24H2,1-5H3/t14-,18-,20+,21?/m0/s1. The first-order chi connectivity index (χ1) is 14.1. The van der Waals surface area contributed by atoms with E-state index in [1.807, 2.05) is 40.1 Å². The molecule has 164 valence electrons. The minimum absolute atomic E-state index is 0.0505. The Kier molecular flexibility index (Phi) is 6.97. The number of rotatable bonds is 6. The van der Waals surface area contributed by atoms with Crippen LogP contribution in [0.25, 0.3) is 10.4 Å². The third-order valence-electron chi connectivity index (χ3n) is 5.98. The summed E-state index contributed by atoms with van der Waals surface area (Å²) in [6.07, 6.45) is 0.846. The van der Waals surface area contributed by atoms with Gasteiger partial charge in [-0.1, -0.05) is 45.0 Å². The number of aromatic nitrogens is 1. The fourth-order valence-corrected chi connectivity index (χ4v) is 4.72. The van der Waals surface area contributed by atoms with Gasteiger partial charge < -0.3 is 15.7 Å². The maximum Gasteiger partial charge on any atom is 0.240 e. The predicted octanol–water partition coefficient (Wildman–Crippen LogP) is 3.45. The van der Waals surface area contributed by atoms with Crippen molar-refractivity contribution in [1.29, 1.82) is 0 Å². The molecule has 6 nitrogen and oxygen atoms in total.